The van der Waals surface area contributed by atoms with Crippen LogP contribution in [-0.2, 0) is 18.6 Å². The van der Waals surface area contributed by atoms with Crippen LogP contribution in [0.1, 0.15) is 29.3 Å². The maximum Gasteiger partial charge on any atom is 0.267 e. The van der Waals surface area contributed by atoms with Crippen LogP contribution >= 0.6 is 23.1 Å². The Labute approximate surface area is 182 Å². The molecule has 1 unspecified atom stereocenters. The van der Waals surface area contributed by atoms with Crippen molar-refractivity contribution in [3.8, 4) is 5.69 Å². The highest BCUT2D eigenvalue weighted by atomic mass is 32.2. The zero-order valence-corrected chi connectivity index (χ0v) is 18.2. The molecule has 1 aliphatic carbocycles. The lowest BCUT2D eigenvalue weighted by atomic mass is 9.89. The van der Waals surface area contributed by atoms with Gasteiger partial charge in [0.2, 0.25) is 0 Å². The van der Waals surface area contributed by atoms with E-state index in [0.29, 0.717) is 16.8 Å². The molecule has 0 N–H and O–H groups in total. The van der Waals surface area contributed by atoms with Gasteiger partial charge in [-0.1, -0.05) is 49.0 Å². The molecule has 1 atom stereocenters. The fraction of sp³-hybridized carbons (Fsp3) is 0.250. The van der Waals surface area contributed by atoms with E-state index in [1.165, 1.54) is 34.3 Å². The zero-order valence-electron chi connectivity index (χ0n) is 16.6. The number of fused-ring (bicyclic) bond motifs is 3. The maximum absolute atomic E-state index is 13.7. The van der Waals surface area contributed by atoms with Gasteiger partial charge < -0.3 is 0 Å². The third-order valence-electron chi connectivity index (χ3n) is 5.57. The average molecular weight is 437 g/mol. The molecular weight excluding hydrogens is 415 g/mol. The second-order valence-corrected chi connectivity index (χ2v) is 9.85. The largest absolute Gasteiger partial charge is 0.268 e. The van der Waals surface area contributed by atoms with Gasteiger partial charge in [-0.25, -0.2) is 9.37 Å². The molecular formula is C24H21FN2OS2. The minimum Gasteiger partial charge on any atom is -0.268 e. The van der Waals surface area contributed by atoms with Crippen molar-refractivity contribution < 1.29 is 4.39 Å². The summed E-state index contributed by atoms with van der Waals surface area (Å²) >= 11 is 3.13. The summed E-state index contributed by atoms with van der Waals surface area (Å²) in [6.07, 6.45) is 3.07. The van der Waals surface area contributed by atoms with Crippen molar-refractivity contribution in [2.75, 3.05) is 0 Å². The number of hydrogen-bond donors (Lipinski definition) is 0. The highest BCUT2D eigenvalue weighted by molar-refractivity contribution is 7.98. The van der Waals surface area contributed by atoms with E-state index in [2.05, 4.69) is 6.92 Å². The van der Waals surface area contributed by atoms with Gasteiger partial charge in [0.05, 0.1) is 11.1 Å². The maximum atomic E-state index is 13.7. The summed E-state index contributed by atoms with van der Waals surface area (Å²) in [5.74, 6) is 0.936. The Morgan fingerprint density at radius 2 is 2.03 bits per heavy atom. The van der Waals surface area contributed by atoms with Gasteiger partial charge in [0.1, 0.15) is 10.6 Å². The summed E-state index contributed by atoms with van der Waals surface area (Å²) in [6, 6.07) is 16.2. The lowest BCUT2D eigenvalue weighted by Crippen LogP contribution is -2.22. The summed E-state index contributed by atoms with van der Waals surface area (Å²) in [5.41, 5.74) is 2.87. The van der Waals surface area contributed by atoms with Gasteiger partial charge in [0.25, 0.3) is 5.56 Å². The first-order valence-electron chi connectivity index (χ1n) is 10.1. The SMILES string of the molecule is CC1CCc2c(sc3nc(SCc4cccc(F)c4)n(-c4ccccc4)c(=O)c23)C1. The van der Waals surface area contributed by atoms with E-state index in [1.807, 2.05) is 36.4 Å². The van der Waals surface area contributed by atoms with E-state index in [9.17, 15) is 9.18 Å². The first-order valence-corrected chi connectivity index (χ1v) is 11.9. The van der Waals surface area contributed by atoms with E-state index >= 15 is 0 Å². The molecule has 0 saturated carbocycles. The second kappa shape index (κ2) is 8.00. The molecule has 1 aliphatic rings. The third-order valence-corrected chi connectivity index (χ3v) is 7.73. The van der Waals surface area contributed by atoms with Crippen LogP contribution in [0, 0.1) is 11.7 Å². The first-order chi connectivity index (χ1) is 14.6. The van der Waals surface area contributed by atoms with Crippen LogP contribution in [0.3, 0.4) is 0 Å². The standard InChI is InChI=1S/C24H21FN2OS2/c1-15-10-11-19-20(12-15)30-22-21(19)23(28)27(18-8-3-2-4-9-18)24(26-22)29-14-16-6-5-7-17(25)13-16/h2-9,13,15H,10-12,14H2,1H3. The Kier molecular flexibility index (Phi) is 5.21. The van der Waals surface area contributed by atoms with Crippen molar-refractivity contribution in [3.63, 3.8) is 0 Å². The zero-order chi connectivity index (χ0) is 20.7. The van der Waals surface area contributed by atoms with Crippen LogP contribution in [0.4, 0.5) is 4.39 Å². The van der Waals surface area contributed by atoms with Crippen LogP contribution in [0.25, 0.3) is 15.9 Å². The van der Waals surface area contributed by atoms with Crippen LogP contribution in [0.2, 0.25) is 0 Å². The minimum absolute atomic E-state index is 0.00000436. The molecule has 2 aromatic heterocycles. The van der Waals surface area contributed by atoms with E-state index < -0.39 is 0 Å². The van der Waals surface area contributed by atoms with Crippen molar-refractivity contribution in [1.29, 1.82) is 0 Å². The Morgan fingerprint density at radius 1 is 1.20 bits per heavy atom. The Balaban J connectivity index is 1.65. The molecule has 3 nitrogen and oxygen atoms in total. The van der Waals surface area contributed by atoms with Gasteiger partial charge in [-0.15, -0.1) is 11.3 Å². The number of halogens is 1. The Bertz CT molecular complexity index is 1280. The van der Waals surface area contributed by atoms with Crippen LogP contribution in [-0.4, -0.2) is 9.55 Å². The van der Waals surface area contributed by atoms with E-state index in [4.69, 9.17) is 4.98 Å². The van der Waals surface area contributed by atoms with Crippen LogP contribution in [0.15, 0.2) is 64.5 Å². The van der Waals surface area contributed by atoms with Gasteiger partial charge in [-0.3, -0.25) is 9.36 Å². The second-order valence-electron chi connectivity index (χ2n) is 7.82. The average Bonchev–Trinajstić information content (AvgIpc) is 3.10. The first kappa shape index (κ1) is 19.5. The smallest absolute Gasteiger partial charge is 0.267 e. The molecule has 0 aliphatic heterocycles. The van der Waals surface area contributed by atoms with E-state index in [-0.39, 0.29) is 11.4 Å². The number of aromatic nitrogens is 2. The molecule has 0 radical (unpaired) electrons. The van der Waals surface area contributed by atoms with Crippen molar-refractivity contribution in [3.05, 3.63) is 86.8 Å². The topological polar surface area (TPSA) is 34.9 Å². The molecule has 6 heteroatoms. The summed E-state index contributed by atoms with van der Waals surface area (Å²) in [6.45, 7) is 2.27. The predicted octanol–water partition coefficient (Wildman–Crippen LogP) is 6.00. The number of nitrogens with zero attached hydrogens (tertiary/aromatic N) is 2. The fourth-order valence-electron chi connectivity index (χ4n) is 4.05. The van der Waals surface area contributed by atoms with Crippen molar-refractivity contribution in [2.45, 2.75) is 37.1 Å². The minimum atomic E-state index is -0.253. The third kappa shape index (κ3) is 3.59. The number of benzene rings is 2. The van der Waals surface area contributed by atoms with Crippen molar-refractivity contribution in [1.82, 2.24) is 9.55 Å². The fourth-order valence-corrected chi connectivity index (χ4v) is 6.43. The van der Waals surface area contributed by atoms with Crippen molar-refractivity contribution in [2.24, 2.45) is 5.92 Å². The molecule has 4 aromatic rings. The number of hydrogen-bond acceptors (Lipinski definition) is 4. The number of aryl methyl sites for hydroxylation is 1. The molecule has 152 valence electrons. The number of para-hydroxylation sites is 1. The molecule has 5 rings (SSSR count). The molecule has 2 aromatic carbocycles. The monoisotopic (exact) mass is 436 g/mol. The summed E-state index contributed by atoms with van der Waals surface area (Å²) in [4.78, 5) is 20.7. The highest BCUT2D eigenvalue weighted by Crippen LogP contribution is 2.37. The number of thioether (sulfide) groups is 1. The molecule has 0 amide bonds. The molecule has 0 saturated heterocycles. The summed E-state index contributed by atoms with van der Waals surface area (Å²) in [7, 11) is 0. The van der Waals surface area contributed by atoms with Gasteiger partial charge in [0, 0.05) is 10.6 Å². The highest BCUT2D eigenvalue weighted by Gasteiger charge is 2.25. The Hall–Kier alpha value is -2.44. The van der Waals surface area contributed by atoms with E-state index in [1.54, 1.807) is 22.0 Å². The normalized spacial score (nSPS) is 16.0. The molecule has 0 fully saturated rings. The lowest BCUT2D eigenvalue weighted by molar-refractivity contribution is 0.509. The molecule has 30 heavy (non-hydrogen) atoms. The number of thiophene rings is 1. The Morgan fingerprint density at radius 3 is 2.83 bits per heavy atom. The summed E-state index contributed by atoms with van der Waals surface area (Å²) < 4.78 is 15.3. The molecule has 2 heterocycles. The summed E-state index contributed by atoms with van der Waals surface area (Å²) in [5, 5.41) is 1.43. The van der Waals surface area contributed by atoms with Crippen LogP contribution < -0.4 is 5.56 Å². The van der Waals surface area contributed by atoms with Gasteiger partial charge in [-0.05, 0) is 60.6 Å². The molecule has 0 bridgehead atoms. The number of rotatable bonds is 4. The lowest BCUT2D eigenvalue weighted by Gasteiger charge is -2.17. The van der Waals surface area contributed by atoms with Gasteiger partial charge >= 0.3 is 0 Å². The molecule has 0 spiro atoms. The van der Waals surface area contributed by atoms with Gasteiger partial charge in [-0.2, -0.15) is 0 Å². The quantitative estimate of drug-likeness (QED) is 0.291. The van der Waals surface area contributed by atoms with Crippen LogP contribution in [0.5, 0.6) is 0 Å². The van der Waals surface area contributed by atoms with Crippen molar-refractivity contribution >= 4 is 33.3 Å². The van der Waals surface area contributed by atoms with E-state index in [0.717, 1.165) is 40.7 Å². The predicted molar refractivity (Wildman–Crippen MR) is 122 cm³/mol. The van der Waals surface area contributed by atoms with Gasteiger partial charge in [0.15, 0.2) is 5.16 Å².